The van der Waals surface area contributed by atoms with E-state index in [1.165, 1.54) is 0 Å². The van der Waals surface area contributed by atoms with Crippen LogP contribution in [0.4, 0.5) is 16.2 Å². The van der Waals surface area contributed by atoms with Gasteiger partial charge in [0.25, 0.3) is 0 Å². The highest BCUT2D eigenvalue weighted by atomic mass is 16.6. The fraction of sp³-hybridized carbons (Fsp3) is 0.286. The van der Waals surface area contributed by atoms with E-state index in [2.05, 4.69) is 10.6 Å². The van der Waals surface area contributed by atoms with E-state index in [9.17, 15) is 9.59 Å². The van der Waals surface area contributed by atoms with Gasteiger partial charge in [0.05, 0.1) is 24.7 Å². The van der Waals surface area contributed by atoms with Crippen LogP contribution >= 0.6 is 0 Å². The molecule has 2 amide bonds. The number of carbonyl (C=O) groups is 2. The molecule has 0 aliphatic rings. The molecule has 0 saturated carbocycles. The van der Waals surface area contributed by atoms with Crippen molar-refractivity contribution in [2.45, 2.75) is 32.8 Å². The maximum Gasteiger partial charge on any atom is 0.412 e. The molecule has 0 heterocycles. The van der Waals surface area contributed by atoms with Gasteiger partial charge in [-0.05, 0) is 63.2 Å². The third kappa shape index (κ3) is 7.38. The quantitative estimate of drug-likeness (QED) is 0.776. The predicted molar refractivity (Wildman–Crippen MR) is 106 cm³/mol. The van der Waals surface area contributed by atoms with Crippen LogP contribution in [-0.2, 0) is 9.53 Å². The fourth-order valence-electron chi connectivity index (χ4n) is 2.21. The molecule has 0 aliphatic carbocycles. The third-order valence-corrected chi connectivity index (χ3v) is 3.37. The third-order valence-electron chi connectivity index (χ3n) is 3.37. The molecule has 0 atom stereocenters. The van der Waals surface area contributed by atoms with Gasteiger partial charge < -0.3 is 14.8 Å². The van der Waals surface area contributed by atoms with Crippen molar-refractivity contribution in [2.24, 2.45) is 0 Å². The van der Waals surface area contributed by atoms with Crippen molar-refractivity contribution >= 4 is 23.4 Å². The second-order valence-corrected chi connectivity index (χ2v) is 6.99. The minimum atomic E-state index is -0.566. The van der Waals surface area contributed by atoms with Crippen LogP contribution < -0.4 is 15.4 Å². The van der Waals surface area contributed by atoms with Crippen LogP contribution in [0, 0.1) is 11.3 Å². The Balaban J connectivity index is 1.76. The number of nitriles is 1. The molecule has 7 nitrogen and oxygen atoms in total. The highest BCUT2D eigenvalue weighted by molar-refractivity contribution is 5.91. The molecule has 7 heteroatoms. The van der Waals surface area contributed by atoms with Gasteiger partial charge >= 0.3 is 6.09 Å². The van der Waals surface area contributed by atoms with Crippen LogP contribution in [0.15, 0.2) is 48.5 Å². The minimum absolute atomic E-state index is 0.161. The molecule has 2 rings (SSSR count). The van der Waals surface area contributed by atoms with Crippen LogP contribution in [0.3, 0.4) is 0 Å². The van der Waals surface area contributed by atoms with Crippen molar-refractivity contribution in [2.75, 3.05) is 17.2 Å². The molecule has 0 radical (unpaired) electrons. The standard InChI is InChI=1S/C21H23N3O4/c1-21(2,3)28-20(26)24-16-7-9-18(10-8-16)27-12-11-19(25)23-17-6-4-5-15(13-17)14-22/h4-10,13H,11-12H2,1-3H3,(H,23,25)(H,24,26). The van der Waals surface area contributed by atoms with Gasteiger partial charge in [0, 0.05) is 11.4 Å². The Hall–Kier alpha value is -3.53. The summed E-state index contributed by atoms with van der Waals surface area (Å²) in [5, 5.41) is 14.2. The van der Waals surface area contributed by atoms with Crippen molar-refractivity contribution in [3.8, 4) is 11.8 Å². The second kappa shape index (κ2) is 9.42. The summed E-state index contributed by atoms with van der Waals surface area (Å²) in [4.78, 5) is 23.7. The Morgan fingerprint density at radius 3 is 2.39 bits per heavy atom. The topological polar surface area (TPSA) is 100 Å². The number of nitrogens with zero attached hydrogens (tertiary/aromatic N) is 1. The molecule has 2 aromatic rings. The largest absolute Gasteiger partial charge is 0.493 e. The van der Waals surface area contributed by atoms with E-state index >= 15 is 0 Å². The lowest BCUT2D eigenvalue weighted by molar-refractivity contribution is -0.116. The molecule has 0 spiro atoms. The normalized spacial score (nSPS) is 10.5. The average Bonchev–Trinajstić information content (AvgIpc) is 2.61. The summed E-state index contributed by atoms with van der Waals surface area (Å²) in [6.45, 7) is 5.57. The molecule has 2 aromatic carbocycles. The number of rotatable bonds is 6. The summed E-state index contributed by atoms with van der Waals surface area (Å²) >= 11 is 0. The lowest BCUT2D eigenvalue weighted by atomic mass is 10.2. The number of nitrogens with one attached hydrogen (secondary N) is 2. The molecular formula is C21H23N3O4. The van der Waals surface area contributed by atoms with Crippen molar-refractivity contribution in [1.82, 2.24) is 0 Å². The summed E-state index contributed by atoms with van der Waals surface area (Å²) in [5.74, 6) is 0.368. The van der Waals surface area contributed by atoms with Crippen molar-refractivity contribution < 1.29 is 19.1 Å². The molecule has 0 unspecified atom stereocenters. The number of hydrogen-bond acceptors (Lipinski definition) is 5. The zero-order chi connectivity index (χ0) is 20.6. The molecule has 28 heavy (non-hydrogen) atoms. The zero-order valence-electron chi connectivity index (χ0n) is 16.1. The highest BCUT2D eigenvalue weighted by Gasteiger charge is 2.16. The maximum absolute atomic E-state index is 12.0. The Kier molecular flexibility index (Phi) is 6.99. The summed E-state index contributed by atoms with van der Waals surface area (Å²) in [6, 6.07) is 15.5. The van der Waals surface area contributed by atoms with E-state index in [4.69, 9.17) is 14.7 Å². The first-order chi connectivity index (χ1) is 13.2. The maximum atomic E-state index is 12.0. The van der Waals surface area contributed by atoms with E-state index in [0.717, 1.165) is 0 Å². The molecule has 0 fully saturated rings. The zero-order valence-corrected chi connectivity index (χ0v) is 16.1. The lowest BCUT2D eigenvalue weighted by Crippen LogP contribution is -2.27. The van der Waals surface area contributed by atoms with Crippen LogP contribution in [-0.4, -0.2) is 24.2 Å². The Labute approximate surface area is 164 Å². The van der Waals surface area contributed by atoms with Gasteiger partial charge in [0.15, 0.2) is 0 Å². The molecule has 0 saturated heterocycles. The van der Waals surface area contributed by atoms with Gasteiger partial charge in [-0.2, -0.15) is 5.26 Å². The monoisotopic (exact) mass is 381 g/mol. The van der Waals surface area contributed by atoms with Crippen LogP contribution in [0.1, 0.15) is 32.8 Å². The minimum Gasteiger partial charge on any atom is -0.493 e. The summed E-state index contributed by atoms with van der Waals surface area (Å²) < 4.78 is 10.7. The Morgan fingerprint density at radius 2 is 1.75 bits per heavy atom. The lowest BCUT2D eigenvalue weighted by Gasteiger charge is -2.19. The number of anilines is 2. The van der Waals surface area contributed by atoms with Crippen LogP contribution in [0.2, 0.25) is 0 Å². The number of carbonyl (C=O) groups excluding carboxylic acids is 2. The van der Waals surface area contributed by atoms with Gasteiger partial charge in [-0.25, -0.2) is 4.79 Å². The average molecular weight is 381 g/mol. The van der Waals surface area contributed by atoms with Gasteiger partial charge in [0.2, 0.25) is 5.91 Å². The molecule has 0 aromatic heterocycles. The van der Waals surface area contributed by atoms with Crippen molar-refractivity contribution in [3.05, 3.63) is 54.1 Å². The summed E-state index contributed by atoms with van der Waals surface area (Å²) in [7, 11) is 0. The van der Waals surface area contributed by atoms with E-state index in [1.807, 2.05) is 6.07 Å². The Bertz CT molecular complexity index is 864. The number of hydrogen-bond donors (Lipinski definition) is 2. The second-order valence-electron chi connectivity index (χ2n) is 6.99. The van der Waals surface area contributed by atoms with Gasteiger partial charge in [-0.15, -0.1) is 0 Å². The van der Waals surface area contributed by atoms with Gasteiger partial charge in [-0.1, -0.05) is 6.07 Å². The molecular weight excluding hydrogens is 358 g/mol. The fourth-order valence-corrected chi connectivity index (χ4v) is 2.21. The van der Waals surface area contributed by atoms with Gasteiger partial charge in [0.1, 0.15) is 11.4 Å². The molecule has 0 bridgehead atoms. The number of ether oxygens (including phenoxy) is 2. The van der Waals surface area contributed by atoms with Crippen molar-refractivity contribution in [1.29, 1.82) is 5.26 Å². The van der Waals surface area contributed by atoms with Crippen LogP contribution in [0.25, 0.3) is 0 Å². The molecule has 2 N–H and O–H groups in total. The number of amides is 2. The molecule has 0 aliphatic heterocycles. The summed E-state index contributed by atoms with van der Waals surface area (Å²) in [5.41, 5.74) is 1.07. The van der Waals surface area contributed by atoms with E-state index < -0.39 is 11.7 Å². The Morgan fingerprint density at radius 1 is 1.04 bits per heavy atom. The van der Waals surface area contributed by atoms with E-state index in [0.29, 0.717) is 22.7 Å². The SMILES string of the molecule is CC(C)(C)OC(=O)Nc1ccc(OCCC(=O)Nc2cccc(C#N)c2)cc1. The first kappa shape index (κ1) is 20.8. The highest BCUT2D eigenvalue weighted by Crippen LogP contribution is 2.17. The van der Waals surface area contributed by atoms with E-state index in [-0.39, 0.29) is 18.9 Å². The van der Waals surface area contributed by atoms with Crippen LogP contribution in [0.5, 0.6) is 5.75 Å². The summed E-state index contributed by atoms with van der Waals surface area (Å²) in [6.07, 6.45) is -0.368. The first-order valence-corrected chi connectivity index (χ1v) is 8.78. The van der Waals surface area contributed by atoms with Crippen molar-refractivity contribution in [3.63, 3.8) is 0 Å². The first-order valence-electron chi connectivity index (χ1n) is 8.78. The molecule has 146 valence electrons. The van der Waals surface area contributed by atoms with Gasteiger partial charge in [-0.3, -0.25) is 10.1 Å². The van der Waals surface area contributed by atoms with E-state index in [1.54, 1.807) is 69.3 Å². The smallest absolute Gasteiger partial charge is 0.412 e. The predicted octanol–water partition coefficient (Wildman–Crippen LogP) is 4.31. The number of benzene rings is 2.